The quantitative estimate of drug-likeness (QED) is 0.244. The molecule has 1 aliphatic heterocycles. The maximum atomic E-state index is 13.3. The van der Waals surface area contributed by atoms with Crippen LogP contribution in [0, 0.1) is 11.8 Å². The van der Waals surface area contributed by atoms with E-state index < -0.39 is 5.76 Å². The standard InChI is InChI=1S/C33H44ClN9O3/c1-6-21-9-11-22(12-10-21)18-42-29-26(37-31(42)43-20(4)17-41(19-25(43)7-2)33(45)40(5)8-3)14-27(30-38-32(44)46-39-30)36-28(29)23-13-24(34)16-35-15-23/h13-16,20-22,25H,6-12,17-19H2,1-5H3,(H,38,39,44). The largest absolute Gasteiger partial charge is 0.439 e. The zero-order valence-corrected chi connectivity index (χ0v) is 28.1. The highest BCUT2D eigenvalue weighted by Crippen LogP contribution is 2.39. The number of nitrogens with one attached hydrogen (secondary N) is 1. The van der Waals surface area contributed by atoms with Crippen molar-refractivity contribution < 1.29 is 9.32 Å². The maximum Gasteiger partial charge on any atom is 0.439 e. The van der Waals surface area contributed by atoms with E-state index in [1.54, 1.807) is 17.3 Å². The second kappa shape index (κ2) is 13.4. The zero-order chi connectivity index (χ0) is 32.5. The zero-order valence-electron chi connectivity index (χ0n) is 27.4. The molecule has 1 saturated carbocycles. The minimum Gasteiger partial charge on any atom is -0.333 e. The van der Waals surface area contributed by atoms with Gasteiger partial charge in [-0.2, -0.15) is 0 Å². The van der Waals surface area contributed by atoms with Gasteiger partial charge in [-0.15, -0.1) is 0 Å². The third-order valence-corrected chi connectivity index (χ3v) is 10.1. The number of aromatic amines is 1. The second-order valence-corrected chi connectivity index (χ2v) is 13.3. The van der Waals surface area contributed by atoms with Gasteiger partial charge >= 0.3 is 11.8 Å². The molecule has 2 aliphatic rings. The Bertz CT molecular complexity index is 1740. The molecule has 246 valence electrons. The fourth-order valence-electron chi connectivity index (χ4n) is 7.20. The van der Waals surface area contributed by atoms with Gasteiger partial charge < -0.3 is 19.3 Å². The van der Waals surface area contributed by atoms with E-state index in [0.29, 0.717) is 42.0 Å². The number of imidazole rings is 1. The van der Waals surface area contributed by atoms with Gasteiger partial charge in [-0.05, 0) is 57.1 Å². The summed E-state index contributed by atoms with van der Waals surface area (Å²) in [5, 5.41) is 4.42. The van der Waals surface area contributed by atoms with E-state index in [1.807, 2.05) is 31.0 Å². The summed E-state index contributed by atoms with van der Waals surface area (Å²) in [7, 11) is 1.85. The number of piperazine rings is 1. The van der Waals surface area contributed by atoms with Crippen LogP contribution in [0.15, 0.2) is 33.8 Å². The number of rotatable bonds is 8. The summed E-state index contributed by atoms with van der Waals surface area (Å²) in [4.78, 5) is 48.7. The number of anilines is 1. The minimum atomic E-state index is -0.655. The van der Waals surface area contributed by atoms with Crippen LogP contribution in [-0.2, 0) is 6.54 Å². The number of pyridine rings is 2. The van der Waals surface area contributed by atoms with Crippen molar-refractivity contribution in [2.75, 3.05) is 31.6 Å². The lowest BCUT2D eigenvalue weighted by Gasteiger charge is -2.47. The Morgan fingerprint density at radius 3 is 2.48 bits per heavy atom. The number of halogens is 1. The first-order chi connectivity index (χ1) is 22.2. The number of nitrogens with zero attached hydrogens (tertiary/aromatic N) is 8. The number of urea groups is 1. The average Bonchev–Trinajstić information content (AvgIpc) is 3.66. The summed E-state index contributed by atoms with van der Waals surface area (Å²) in [6.07, 6.45) is 10.2. The molecule has 13 heteroatoms. The van der Waals surface area contributed by atoms with Crippen LogP contribution in [0.5, 0.6) is 0 Å². The summed E-state index contributed by atoms with van der Waals surface area (Å²) in [6.45, 7) is 11.3. The highest BCUT2D eigenvalue weighted by atomic mass is 35.5. The average molecular weight is 650 g/mol. The molecular formula is C33H44ClN9O3. The molecule has 5 heterocycles. The summed E-state index contributed by atoms with van der Waals surface area (Å²) in [5.41, 5.74) is 3.45. The molecule has 0 aromatic carbocycles. The molecule has 1 aliphatic carbocycles. The Morgan fingerprint density at radius 1 is 1.07 bits per heavy atom. The maximum absolute atomic E-state index is 13.3. The van der Waals surface area contributed by atoms with Gasteiger partial charge in [-0.1, -0.05) is 49.9 Å². The highest BCUT2D eigenvalue weighted by molar-refractivity contribution is 6.30. The van der Waals surface area contributed by atoms with Gasteiger partial charge in [0.25, 0.3) is 0 Å². The number of hydrogen-bond donors (Lipinski definition) is 1. The molecule has 4 aromatic heterocycles. The SMILES string of the molecule is CCC1CCC(Cn2c(N3C(C)CN(C(=O)N(C)CC)CC3CC)nc3cc(-c4noc(=O)[nH]4)nc(-c4cncc(Cl)c4)c32)CC1. The Morgan fingerprint density at radius 2 is 1.83 bits per heavy atom. The summed E-state index contributed by atoms with van der Waals surface area (Å²) in [6, 6.07) is 3.86. The first-order valence-electron chi connectivity index (χ1n) is 16.6. The minimum absolute atomic E-state index is 0.0231. The molecule has 2 unspecified atom stereocenters. The third-order valence-electron chi connectivity index (χ3n) is 9.91. The van der Waals surface area contributed by atoms with Crippen LogP contribution < -0.4 is 10.7 Å². The first kappa shape index (κ1) is 32.0. The number of amides is 2. The van der Waals surface area contributed by atoms with Gasteiger partial charge in [0.2, 0.25) is 11.8 Å². The van der Waals surface area contributed by atoms with Crippen LogP contribution >= 0.6 is 11.6 Å². The molecule has 1 saturated heterocycles. The monoisotopic (exact) mass is 649 g/mol. The molecule has 1 N–H and O–H groups in total. The third kappa shape index (κ3) is 6.23. The van der Waals surface area contributed by atoms with Gasteiger partial charge in [0.1, 0.15) is 5.69 Å². The summed E-state index contributed by atoms with van der Waals surface area (Å²) in [5.74, 6) is 1.72. The van der Waals surface area contributed by atoms with Crippen molar-refractivity contribution in [2.45, 2.75) is 84.8 Å². The molecule has 2 amide bonds. The Kier molecular flexibility index (Phi) is 9.35. The lowest BCUT2D eigenvalue weighted by molar-refractivity contribution is 0.143. The molecule has 46 heavy (non-hydrogen) atoms. The van der Waals surface area contributed by atoms with Crippen molar-refractivity contribution in [2.24, 2.45) is 11.8 Å². The van der Waals surface area contributed by atoms with Crippen LogP contribution in [0.3, 0.4) is 0 Å². The molecule has 6 rings (SSSR count). The lowest BCUT2D eigenvalue weighted by Crippen LogP contribution is -2.61. The van der Waals surface area contributed by atoms with Crippen LogP contribution in [0.25, 0.3) is 33.8 Å². The number of carbonyl (C=O) groups is 1. The Hall–Kier alpha value is -3.93. The van der Waals surface area contributed by atoms with Gasteiger partial charge in [0.05, 0.1) is 21.7 Å². The van der Waals surface area contributed by atoms with Gasteiger partial charge in [0, 0.05) is 63.3 Å². The van der Waals surface area contributed by atoms with Crippen LogP contribution in [0.2, 0.25) is 5.02 Å². The smallest absolute Gasteiger partial charge is 0.333 e. The van der Waals surface area contributed by atoms with E-state index in [1.165, 1.54) is 19.3 Å². The van der Waals surface area contributed by atoms with E-state index in [0.717, 1.165) is 54.3 Å². The predicted molar refractivity (Wildman–Crippen MR) is 179 cm³/mol. The van der Waals surface area contributed by atoms with Crippen LogP contribution in [0.4, 0.5) is 10.7 Å². The van der Waals surface area contributed by atoms with Crippen molar-refractivity contribution in [3.8, 4) is 22.8 Å². The van der Waals surface area contributed by atoms with Gasteiger partial charge in [0.15, 0.2) is 0 Å². The van der Waals surface area contributed by atoms with Crippen molar-refractivity contribution in [1.29, 1.82) is 0 Å². The van der Waals surface area contributed by atoms with E-state index in [-0.39, 0.29) is 23.9 Å². The molecule has 2 atom stereocenters. The van der Waals surface area contributed by atoms with E-state index in [4.69, 9.17) is 26.1 Å². The van der Waals surface area contributed by atoms with Crippen molar-refractivity contribution in [3.63, 3.8) is 0 Å². The molecule has 0 radical (unpaired) electrons. The molecule has 4 aromatic rings. The van der Waals surface area contributed by atoms with E-state index in [2.05, 4.69) is 45.4 Å². The normalized spacial score (nSPS) is 22.0. The summed E-state index contributed by atoms with van der Waals surface area (Å²) < 4.78 is 7.18. The van der Waals surface area contributed by atoms with E-state index >= 15 is 0 Å². The number of aromatic nitrogens is 6. The first-order valence-corrected chi connectivity index (χ1v) is 16.9. The molecule has 0 spiro atoms. The number of H-pyrrole nitrogens is 1. The van der Waals surface area contributed by atoms with Crippen molar-refractivity contribution in [3.05, 3.63) is 40.1 Å². The van der Waals surface area contributed by atoms with Gasteiger partial charge in [-0.25, -0.2) is 19.6 Å². The van der Waals surface area contributed by atoms with Crippen molar-refractivity contribution in [1.82, 2.24) is 39.5 Å². The molecule has 12 nitrogen and oxygen atoms in total. The lowest BCUT2D eigenvalue weighted by atomic mass is 9.81. The fraction of sp³-hybridized carbons (Fsp3) is 0.576. The Balaban J connectivity index is 1.52. The number of hydrogen-bond acceptors (Lipinski definition) is 8. The second-order valence-electron chi connectivity index (χ2n) is 12.9. The number of fused-ring (bicyclic) bond motifs is 1. The Labute approximate surface area is 274 Å². The summed E-state index contributed by atoms with van der Waals surface area (Å²) >= 11 is 6.45. The van der Waals surface area contributed by atoms with Crippen LogP contribution in [-0.4, -0.2) is 84.3 Å². The fourth-order valence-corrected chi connectivity index (χ4v) is 7.38. The molecular weight excluding hydrogens is 606 g/mol. The van der Waals surface area contributed by atoms with E-state index in [9.17, 15) is 9.59 Å². The molecule has 2 fully saturated rings. The topological polar surface area (TPSA) is 129 Å². The van der Waals surface area contributed by atoms with Crippen LogP contribution in [0.1, 0.15) is 66.2 Å². The van der Waals surface area contributed by atoms with Gasteiger partial charge in [-0.3, -0.25) is 14.5 Å². The highest BCUT2D eigenvalue weighted by Gasteiger charge is 2.38. The number of carbonyl (C=O) groups excluding carboxylic acids is 1. The van der Waals surface area contributed by atoms with Crippen molar-refractivity contribution >= 4 is 34.6 Å². The molecule has 0 bridgehead atoms. The predicted octanol–water partition coefficient (Wildman–Crippen LogP) is 6.07.